The zero-order valence-electron chi connectivity index (χ0n) is 17.8. The van der Waals surface area contributed by atoms with E-state index in [9.17, 15) is 9.59 Å². The van der Waals surface area contributed by atoms with Gasteiger partial charge in [0.1, 0.15) is 23.8 Å². The lowest BCUT2D eigenvalue weighted by Gasteiger charge is -2.16. The second-order valence-electron chi connectivity index (χ2n) is 7.35. The van der Waals surface area contributed by atoms with E-state index in [4.69, 9.17) is 9.47 Å². The van der Waals surface area contributed by atoms with Crippen molar-refractivity contribution in [2.45, 2.75) is 26.6 Å². The molecule has 4 aromatic rings. The van der Waals surface area contributed by atoms with Crippen molar-refractivity contribution in [3.8, 4) is 11.5 Å². The number of hydrogen-bond donors (Lipinski definition) is 1. The number of ether oxygens (including phenoxy) is 2. The highest BCUT2D eigenvalue weighted by Gasteiger charge is 2.15. The Hall–Kier alpha value is -4.13. The van der Waals surface area contributed by atoms with Crippen LogP contribution in [0.15, 0.2) is 83.8 Å². The Morgan fingerprint density at radius 1 is 1.06 bits per heavy atom. The summed E-state index contributed by atoms with van der Waals surface area (Å²) >= 11 is 0. The first kappa shape index (κ1) is 21.1. The van der Waals surface area contributed by atoms with Crippen LogP contribution in [-0.4, -0.2) is 21.4 Å². The van der Waals surface area contributed by atoms with Crippen molar-refractivity contribution in [2.75, 3.05) is 5.32 Å². The Morgan fingerprint density at radius 2 is 1.84 bits per heavy atom. The third-order valence-corrected chi connectivity index (χ3v) is 4.88. The molecule has 0 radical (unpaired) electrons. The molecule has 7 heteroatoms. The number of nitrogens with one attached hydrogen (secondary N) is 1. The van der Waals surface area contributed by atoms with Crippen molar-refractivity contribution in [3.63, 3.8) is 0 Å². The van der Waals surface area contributed by atoms with Crippen molar-refractivity contribution in [1.29, 1.82) is 0 Å². The van der Waals surface area contributed by atoms with Crippen LogP contribution in [0.4, 0.5) is 5.69 Å². The summed E-state index contributed by atoms with van der Waals surface area (Å²) in [7, 11) is 0. The molecule has 0 saturated carbocycles. The molecule has 32 heavy (non-hydrogen) atoms. The second kappa shape index (κ2) is 9.34. The van der Waals surface area contributed by atoms with Gasteiger partial charge in [-0.3, -0.25) is 14.0 Å². The van der Waals surface area contributed by atoms with E-state index in [-0.39, 0.29) is 18.1 Å². The van der Waals surface area contributed by atoms with Crippen molar-refractivity contribution < 1.29 is 14.3 Å². The second-order valence-corrected chi connectivity index (χ2v) is 7.35. The van der Waals surface area contributed by atoms with E-state index in [2.05, 4.69) is 10.3 Å². The number of hydrogen-bond acceptors (Lipinski definition) is 5. The van der Waals surface area contributed by atoms with E-state index in [1.54, 1.807) is 49.5 Å². The van der Waals surface area contributed by atoms with Crippen LogP contribution >= 0.6 is 0 Å². The fourth-order valence-corrected chi connectivity index (χ4v) is 3.16. The zero-order valence-corrected chi connectivity index (χ0v) is 17.8. The number of anilines is 1. The van der Waals surface area contributed by atoms with Gasteiger partial charge in [0.15, 0.2) is 6.10 Å². The first-order valence-corrected chi connectivity index (χ1v) is 10.2. The average Bonchev–Trinajstić information content (AvgIpc) is 2.80. The minimum absolute atomic E-state index is 0.131. The Bertz CT molecular complexity index is 1300. The van der Waals surface area contributed by atoms with Crippen molar-refractivity contribution >= 4 is 17.2 Å². The summed E-state index contributed by atoms with van der Waals surface area (Å²) < 4.78 is 13.1. The summed E-state index contributed by atoms with van der Waals surface area (Å²) in [5.41, 5.74) is 2.41. The maximum Gasteiger partial charge on any atom is 0.265 e. The van der Waals surface area contributed by atoms with Crippen LogP contribution in [-0.2, 0) is 11.4 Å². The number of aryl methyl sites for hydroxylation is 1. The molecule has 0 aliphatic heterocycles. The third-order valence-electron chi connectivity index (χ3n) is 4.88. The molecule has 0 aliphatic carbocycles. The molecule has 162 valence electrons. The van der Waals surface area contributed by atoms with Gasteiger partial charge in [0.2, 0.25) is 0 Å². The highest BCUT2D eigenvalue weighted by atomic mass is 16.5. The van der Waals surface area contributed by atoms with Gasteiger partial charge < -0.3 is 14.8 Å². The highest BCUT2D eigenvalue weighted by molar-refractivity contribution is 5.94. The predicted molar refractivity (Wildman–Crippen MR) is 122 cm³/mol. The summed E-state index contributed by atoms with van der Waals surface area (Å²) in [4.78, 5) is 29.3. The summed E-state index contributed by atoms with van der Waals surface area (Å²) in [5.74, 6) is 0.948. The van der Waals surface area contributed by atoms with E-state index in [0.717, 1.165) is 5.56 Å². The Kier molecular flexibility index (Phi) is 6.17. The van der Waals surface area contributed by atoms with Crippen molar-refractivity contribution in [2.24, 2.45) is 0 Å². The number of fused-ring (bicyclic) bond motifs is 1. The first-order chi connectivity index (χ1) is 15.5. The number of rotatable bonds is 7. The van der Waals surface area contributed by atoms with Crippen molar-refractivity contribution in [3.05, 3.63) is 101 Å². The van der Waals surface area contributed by atoms with E-state index >= 15 is 0 Å². The summed E-state index contributed by atoms with van der Waals surface area (Å²) in [6.45, 7) is 3.73. The minimum atomic E-state index is -0.669. The number of aromatic nitrogens is 2. The number of para-hydroxylation sites is 1. The van der Waals surface area contributed by atoms with Gasteiger partial charge in [0.25, 0.3) is 11.5 Å². The Morgan fingerprint density at radius 3 is 2.66 bits per heavy atom. The molecule has 0 saturated heterocycles. The standard InChI is InChI=1S/C25H23N3O4/c1-17-11-12-19(27-25(30)18(2)32-21-8-4-3-5-9-21)14-22(17)31-16-20-15-24(29)28-13-7-6-10-23(28)26-20/h3-15,18H,16H2,1-2H3,(H,27,30)/t18-/m1/s1. The molecule has 2 aromatic heterocycles. The fraction of sp³-hybridized carbons (Fsp3) is 0.160. The van der Waals surface area contributed by atoms with Gasteiger partial charge in [-0.05, 0) is 49.7 Å². The first-order valence-electron chi connectivity index (χ1n) is 10.2. The molecule has 1 atom stereocenters. The van der Waals surface area contributed by atoms with Gasteiger partial charge in [0.05, 0.1) is 5.69 Å². The fourth-order valence-electron chi connectivity index (χ4n) is 3.16. The maximum atomic E-state index is 12.5. The van der Waals surface area contributed by atoms with Crippen LogP contribution in [0.5, 0.6) is 11.5 Å². The van der Waals surface area contributed by atoms with E-state index in [1.165, 1.54) is 10.5 Å². The molecule has 2 aromatic carbocycles. The molecule has 1 amide bonds. The maximum absolute atomic E-state index is 12.5. The summed E-state index contributed by atoms with van der Waals surface area (Å²) in [5, 5.41) is 2.85. The molecule has 0 bridgehead atoms. The van der Waals surface area contributed by atoms with Gasteiger partial charge in [-0.2, -0.15) is 0 Å². The van der Waals surface area contributed by atoms with E-state index in [0.29, 0.717) is 28.5 Å². The monoisotopic (exact) mass is 429 g/mol. The molecule has 1 N–H and O–H groups in total. The van der Waals surface area contributed by atoms with Crippen LogP contribution in [0.3, 0.4) is 0 Å². The number of benzene rings is 2. The van der Waals surface area contributed by atoms with Gasteiger partial charge in [-0.25, -0.2) is 4.98 Å². The van der Waals surface area contributed by atoms with Crippen LogP contribution < -0.4 is 20.3 Å². The molecular formula is C25H23N3O4. The molecule has 0 fully saturated rings. The average molecular weight is 429 g/mol. The van der Waals surface area contributed by atoms with E-state index < -0.39 is 6.10 Å². The normalized spacial score (nSPS) is 11.7. The molecule has 2 heterocycles. The van der Waals surface area contributed by atoms with Crippen LogP contribution in [0.1, 0.15) is 18.2 Å². The summed E-state index contributed by atoms with van der Waals surface area (Å²) in [6, 6.07) is 21.4. The minimum Gasteiger partial charge on any atom is -0.487 e. The van der Waals surface area contributed by atoms with Gasteiger partial charge in [-0.15, -0.1) is 0 Å². The van der Waals surface area contributed by atoms with Crippen LogP contribution in [0.2, 0.25) is 0 Å². The number of carbonyl (C=O) groups is 1. The van der Waals surface area contributed by atoms with E-state index in [1.807, 2.05) is 37.3 Å². The number of carbonyl (C=O) groups excluding carboxylic acids is 1. The lowest BCUT2D eigenvalue weighted by atomic mass is 10.2. The lowest BCUT2D eigenvalue weighted by Crippen LogP contribution is -2.30. The zero-order chi connectivity index (χ0) is 22.5. The van der Waals surface area contributed by atoms with Gasteiger partial charge >= 0.3 is 0 Å². The SMILES string of the molecule is Cc1ccc(NC(=O)[C@@H](C)Oc2ccccc2)cc1OCc1cc(=O)n2ccccc2n1. The molecule has 0 spiro atoms. The topological polar surface area (TPSA) is 81.9 Å². The highest BCUT2D eigenvalue weighted by Crippen LogP contribution is 2.24. The predicted octanol–water partition coefficient (Wildman–Crippen LogP) is 3.99. The molecule has 7 nitrogen and oxygen atoms in total. The van der Waals surface area contributed by atoms with Crippen LogP contribution in [0, 0.1) is 6.92 Å². The Balaban J connectivity index is 1.43. The molecule has 4 rings (SSSR count). The number of nitrogens with zero attached hydrogens (tertiary/aromatic N) is 2. The number of pyridine rings is 1. The summed E-state index contributed by atoms with van der Waals surface area (Å²) in [6.07, 6.45) is 1.01. The Labute approximate surface area is 185 Å². The molecule has 0 unspecified atom stereocenters. The molecule has 0 aliphatic rings. The smallest absolute Gasteiger partial charge is 0.265 e. The molecular weight excluding hydrogens is 406 g/mol. The largest absolute Gasteiger partial charge is 0.487 e. The van der Waals surface area contributed by atoms with Gasteiger partial charge in [0, 0.05) is 24.0 Å². The quantitative estimate of drug-likeness (QED) is 0.480. The van der Waals surface area contributed by atoms with Crippen molar-refractivity contribution in [1.82, 2.24) is 9.38 Å². The van der Waals surface area contributed by atoms with Crippen LogP contribution in [0.25, 0.3) is 5.65 Å². The lowest BCUT2D eigenvalue weighted by molar-refractivity contribution is -0.122. The third kappa shape index (κ3) is 4.95. The van der Waals surface area contributed by atoms with Gasteiger partial charge in [-0.1, -0.05) is 30.3 Å². The number of amides is 1.